The number of piperazine rings is 1. The number of sulfonamides is 1. The number of aromatic nitrogens is 2. The lowest BCUT2D eigenvalue weighted by Crippen LogP contribution is -2.49. The molecule has 12 nitrogen and oxygen atoms in total. The lowest BCUT2D eigenvalue weighted by Gasteiger charge is -2.34. The molecule has 2 aromatic heterocycles. The third-order valence-corrected chi connectivity index (χ3v) is 10.1. The first-order chi connectivity index (χ1) is 22.3. The Morgan fingerprint density at radius 3 is 2.46 bits per heavy atom. The molecule has 3 aromatic carbocycles. The molecule has 1 saturated heterocycles. The smallest absolute Gasteiger partial charge is 0.263 e. The van der Waals surface area contributed by atoms with Crippen LogP contribution in [0.2, 0.25) is 0 Å². The summed E-state index contributed by atoms with van der Waals surface area (Å²) in [6.07, 6.45) is 1.59. The number of benzene rings is 3. The van der Waals surface area contributed by atoms with Crippen LogP contribution in [-0.2, 0) is 10.0 Å². The Hall–Kier alpha value is -4.76. The molecule has 1 aliphatic heterocycles. The number of fused-ring (bicyclic) bond motifs is 1. The molecule has 1 amide bonds. The van der Waals surface area contributed by atoms with Gasteiger partial charge in [0, 0.05) is 44.6 Å². The van der Waals surface area contributed by atoms with Crippen LogP contribution in [-0.4, -0.2) is 85.6 Å². The molecule has 0 unspecified atom stereocenters. The van der Waals surface area contributed by atoms with Gasteiger partial charge < -0.3 is 25.4 Å². The number of aliphatic hydroxyl groups is 1. The number of hydrogen-bond donors (Lipinski definition) is 4. The molecule has 0 bridgehead atoms. The van der Waals surface area contributed by atoms with E-state index in [1.54, 1.807) is 42.5 Å². The zero-order valence-electron chi connectivity index (χ0n) is 25.0. The van der Waals surface area contributed by atoms with E-state index in [0.29, 0.717) is 61.1 Å². The van der Waals surface area contributed by atoms with Crippen molar-refractivity contribution >= 4 is 65.5 Å². The van der Waals surface area contributed by atoms with E-state index < -0.39 is 10.0 Å². The summed E-state index contributed by atoms with van der Waals surface area (Å²) in [5, 5.41) is 15.9. The van der Waals surface area contributed by atoms with Gasteiger partial charge in [0.1, 0.15) is 11.6 Å². The van der Waals surface area contributed by atoms with Gasteiger partial charge >= 0.3 is 0 Å². The summed E-state index contributed by atoms with van der Waals surface area (Å²) in [5.41, 5.74) is 3.20. The van der Waals surface area contributed by atoms with Crippen LogP contribution in [0, 0.1) is 0 Å². The van der Waals surface area contributed by atoms with E-state index in [-0.39, 0.29) is 22.5 Å². The molecule has 1 fully saturated rings. The molecule has 3 heterocycles. The van der Waals surface area contributed by atoms with Crippen LogP contribution in [0.5, 0.6) is 5.75 Å². The van der Waals surface area contributed by atoms with Gasteiger partial charge in [0.15, 0.2) is 5.13 Å². The maximum atomic E-state index is 13.3. The van der Waals surface area contributed by atoms with Crippen LogP contribution in [0.25, 0.3) is 10.2 Å². The Bertz CT molecular complexity index is 1940. The lowest BCUT2D eigenvalue weighted by atomic mass is 10.2. The molecular weight excluding hydrogens is 627 g/mol. The predicted molar refractivity (Wildman–Crippen MR) is 180 cm³/mol. The van der Waals surface area contributed by atoms with Gasteiger partial charge in [-0.2, -0.15) is 0 Å². The topological polar surface area (TPSA) is 149 Å². The number of para-hydroxylation sites is 2. The molecule has 1 aliphatic rings. The summed E-state index contributed by atoms with van der Waals surface area (Å²) in [4.78, 5) is 26.1. The number of ether oxygens (including phenoxy) is 1. The van der Waals surface area contributed by atoms with E-state index in [2.05, 4.69) is 30.2 Å². The monoisotopic (exact) mass is 659 g/mol. The van der Waals surface area contributed by atoms with E-state index in [9.17, 15) is 18.3 Å². The molecule has 0 atom stereocenters. The van der Waals surface area contributed by atoms with Crippen LogP contribution in [0.4, 0.5) is 28.0 Å². The highest BCUT2D eigenvalue weighted by Gasteiger charge is 2.24. The molecule has 0 aliphatic carbocycles. The van der Waals surface area contributed by atoms with E-state index in [1.165, 1.54) is 23.5 Å². The molecular formula is C32H33N7O5S2. The number of hydrogen-bond acceptors (Lipinski definition) is 11. The van der Waals surface area contributed by atoms with Gasteiger partial charge in [-0.3, -0.25) is 14.4 Å². The van der Waals surface area contributed by atoms with Crippen molar-refractivity contribution in [2.75, 3.05) is 61.8 Å². The SMILES string of the molecule is COc1ccccc1Nc1cccc2nc(NS(=O)(=O)c3ccc(Nc4ncccc4C(=O)N4CCN(CCO)CC4)cc3)sc12. The number of thiazole rings is 1. The van der Waals surface area contributed by atoms with Crippen LogP contribution in [0.3, 0.4) is 0 Å². The maximum absolute atomic E-state index is 13.3. The maximum Gasteiger partial charge on any atom is 0.263 e. The Morgan fingerprint density at radius 1 is 0.935 bits per heavy atom. The van der Waals surface area contributed by atoms with Gasteiger partial charge in [0.05, 0.1) is 45.8 Å². The zero-order valence-corrected chi connectivity index (χ0v) is 26.6. The van der Waals surface area contributed by atoms with Gasteiger partial charge in [-0.05, 0) is 60.7 Å². The van der Waals surface area contributed by atoms with E-state index in [1.807, 2.05) is 42.5 Å². The third-order valence-electron chi connectivity index (χ3n) is 7.55. The van der Waals surface area contributed by atoms with Crippen LogP contribution < -0.4 is 20.1 Å². The first-order valence-electron chi connectivity index (χ1n) is 14.6. The van der Waals surface area contributed by atoms with Gasteiger partial charge in [0.25, 0.3) is 15.9 Å². The van der Waals surface area contributed by atoms with E-state index in [4.69, 9.17) is 4.74 Å². The number of β-amino-alcohol motifs (C(OH)–C–C–N with tert-alkyl or cyclic N) is 1. The molecule has 6 rings (SSSR count). The molecule has 0 saturated carbocycles. The highest BCUT2D eigenvalue weighted by Crippen LogP contribution is 2.36. The minimum absolute atomic E-state index is 0.0581. The van der Waals surface area contributed by atoms with Crippen molar-refractivity contribution < 1.29 is 23.1 Å². The second-order valence-electron chi connectivity index (χ2n) is 10.5. The molecule has 0 radical (unpaired) electrons. The van der Waals surface area contributed by atoms with Crippen molar-refractivity contribution in [2.24, 2.45) is 0 Å². The Balaban J connectivity index is 1.15. The summed E-state index contributed by atoms with van der Waals surface area (Å²) >= 11 is 1.23. The fourth-order valence-electron chi connectivity index (χ4n) is 5.18. The standard InChI is InChI=1S/C32H33N7O5S2/c1-44-28-10-3-2-7-25(28)35-26-8-4-9-27-29(26)45-32(36-27)37-46(42,43)23-13-11-22(12-14-23)34-30-24(6-5-15-33-30)31(41)39-18-16-38(17-19-39)20-21-40/h2-15,35,40H,16-21H2,1H3,(H,33,34)(H,36,37). The lowest BCUT2D eigenvalue weighted by molar-refractivity contribution is 0.0615. The Labute approximate surface area is 270 Å². The fraction of sp³-hybridized carbons (Fsp3) is 0.219. The third kappa shape index (κ3) is 6.89. The molecule has 4 N–H and O–H groups in total. The minimum atomic E-state index is -3.94. The number of aliphatic hydroxyl groups excluding tert-OH is 1. The Morgan fingerprint density at radius 2 is 1.70 bits per heavy atom. The second kappa shape index (κ2) is 13.7. The van der Waals surface area contributed by atoms with Gasteiger partial charge in [-0.1, -0.05) is 29.5 Å². The number of amides is 1. The van der Waals surface area contributed by atoms with Crippen molar-refractivity contribution in [1.82, 2.24) is 19.8 Å². The molecule has 5 aromatic rings. The summed E-state index contributed by atoms with van der Waals surface area (Å²) < 4.78 is 35.5. The number of rotatable bonds is 11. The van der Waals surface area contributed by atoms with E-state index >= 15 is 0 Å². The van der Waals surface area contributed by atoms with Crippen molar-refractivity contribution in [2.45, 2.75) is 4.90 Å². The van der Waals surface area contributed by atoms with Crippen molar-refractivity contribution in [3.05, 3.63) is 90.6 Å². The molecule has 238 valence electrons. The number of methoxy groups -OCH3 is 1. The van der Waals surface area contributed by atoms with Gasteiger partial charge in [-0.25, -0.2) is 18.4 Å². The number of pyridine rings is 1. The summed E-state index contributed by atoms with van der Waals surface area (Å²) in [6, 6.07) is 22.8. The number of carbonyl (C=O) groups is 1. The van der Waals surface area contributed by atoms with E-state index in [0.717, 1.165) is 16.1 Å². The molecule has 14 heteroatoms. The number of anilines is 5. The normalized spacial score (nSPS) is 13.8. The highest BCUT2D eigenvalue weighted by atomic mass is 32.2. The Kier molecular flexibility index (Phi) is 9.30. The first kappa shape index (κ1) is 31.2. The highest BCUT2D eigenvalue weighted by molar-refractivity contribution is 7.93. The number of nitrogens with zero attached hydrogens (tertiary/aromatic N) is 4. The van der Waals surface area contributed by atoms with Gasteiger partial charge in [-0.15, -0.1) is 0 Å². The fourth-order valence-corrected chi connectivity index (χ4v) is 7.34. The quantitative estimate of drug-likeness (QED) is 0.157. The van der Waals surface area contributed by atoms with Gasteiger partial charge in [0.2, 0.25) is 0 Å². The number of carbonyl (C=O) groups excluding carboxylic acids is 1. The van der Waals surface area contributed by atoms with Crippen molar-refractivity contribution in [3.63, 3.8) is 0 Å². The van der Waals surface area contributed by atoms with Crippen molar-refractivity contribution in [3.8, 4) is 5.75 Å². The summed E-state index contributed by atoms with van der Waals surface area (Å²) in [5.74, 6) is 0.924. The first-order valence-corrected chi connectivity index (χ1v) is 16.9. The van der Waals surface area contributed by atoms with Crippen LogP contribution in [0.15, 0.2) is 90.0 Å². The molecule has 0 spiro atoms. The number of nitrogens with one attached hydrogen (secondary N) is 3. The largest absolute Gasteiger partial charge is 0.495 e. The predicted octanol–water partition coefficient (Wildman–Crippen LogP) is 4.74. The van der Waals surface area contributed by atoms with Crippen LogP contribution in [0.1, 0.15) is 10.4 Å². The zero-order chi connectivity index (χ0) is 32.1. The summed E-state index contributed by atoms with van der Waals surface area (Å²) in [6.45, 7) is 3.18. The molecule has 46 heavy (non-hydrogen) atoms. The average molecular weight is 660 g/mol. The average Bonchev–Trinajstić information content (AvgIpc) is 3.48. The minimum Gasteiger partial charge on any atom is -0.495 e. The van der Waals surface area contributed by atoms with Crippen LogP contribution >= 0.6 is 11.3 Å². The summed E-state index contributed by atoms with van der Waals surface area (Å²) in [7, 11) is -2.34. The van der Waals surface area contributed by atoms with Crippen molar-refractivity contribution in [1.29, 1.82) is 0 Å². The second-order valence-corrected chi connectivity index (χ2v) is 13.2.